The predicted octanol–water partition coefficient (Wildman–Crippen LogP) is 3.35. The molecule has 0 saturated carbocycles. The molecule has 0 aliphatic carbocycles. The van der Waals surface area contributed by atoms with Gasteiger partial charge in [0, 0.05) is 25.2 Å². The maximum absolute atomic E-state index is 4.65. The Morgan fingerprint density at radius 3 is 2.57 bits per heavy atom. The molecule has 0 amide bonds. The summed E-state index contributed by atoms with van der Waals surface area (Å²) in [4.78, 5) is 13.6. The zero-order valence-corrected chi connectivity index (χ0v) is 13.1. The summed E-state index contributed by atoms with van der Waals surface area (Å²) in [7, 11) is 1.89. The lowest BCUT2D eigenvalue weighted by molar-refractivity contribution is 0.802. The maximum atomic E-state index is 4.65. The molecule has 0 radical (unpaired) electrons. The van der Waals surface area contributed by atoms with E-state index in [9.17, 15) is 0 Å². The van der Waals surface area contributed by atoms with Gasteiger partial charge >= 0.3 is 0 Å². The van der Waals surface area contributed by atoms with Crippen molar-refractivity contribution in [3.8, 4) is 0 Å². The van der Waals surface area contributed by atoms with E-state index in [4.69, 9.17) is 0 Å². The van der Waals surface area contributed by atoms with E-state index < -0.39 is 0 Å². The van der Waals surface area contributed by atoms with Crippen LogP contribution in [0.25, 0.3) is 0 Å². The fourth-order valence-corrected chi connectivity index (χ4v) is 2.19. The fraction of sp³-hybridized carbons (Fsp3) is 0.438. The van der Waals surface area contributed by atoms with E-state index in [0.29, 0.717) is 0 Å². The number of anilines is 2. The van der Waals surface area contributed by atoms with Crippen molar-refractivity contribution in [1.29, 1.82) is 0 Å². The first kappa shape index (κ1) is 15.2. The minimum atomic E-state index is 0.0963. The van der Waals surface area contributed by atoms with E-state index in [1.807, 2.05) is 38.4 Å². The SMILES string of the molecule is CCCc1nc(NC)c(C)c(NC(C)c2ccccn2)n1. The van der Waals surface area contributed by atoms with E-state index in [0.717, 1.165) is 41.6 Å². The van der Waals surface area contributed by atoms with Crippen LogP contribution >= 0.6 is 0 Å². The second kappa shape index (κ2) is 7.02. The van der Waals surface area contributed by atoms with Crippen LogP contribution in [0.1, 0.15) is 43.4 Å². The minimum Gasteiger partial charge on any atom is -0.373 e. The molecule has 0 aliphatic heterocycles. The van der Waals surface area contributed by atoms with Crippen LogP contribution in [0.15, 0.2) is 24.4 Å². The quantitative estimate of drug-likeness (QED) is 0.852. The molecule has 2 heterocycles. The molecule has 1 atom stereocenters. The summed E-state index contributed by atoms with van der Waals surface area (Å²) in [5, 5.41) is 6.59. The van der Waals surface area contributed by atoms with Crippen LogP contribution in [0.5, 0.6) is 0 Å². The van der Waals surface area contributed by atoms with Crippen LogP contribution in [-0.2, 0) is 6.42 Å². The molecule has 2 rings (SSSR count). The number of rotatable bonds is 6. The topological polar surface area (TPSA) is 62.7 Å². The summed E-state index contributed by atoms with van der Waals surface area (Å²) in [5.74, 6) is 2.61. The molecule has 0 fully saturated rings. The molecule has 2 N–H and O–H groups in total. The number of nitrogens with one attached hydrogen (secondary N) is 2. The van der Waals surface area contributed by atoms with E-state index in [2.05, 4.69) is 39.4 Å². The first-order valence-electron chi connectivity index (χ1n) is 7.38. The van der Waals surface area contributed by atoms with Gasteiger partial charge in [0.15, 0.2) is 0 Å². The Morgan fingerprint density at radius 2 is 1.95 bits per heavy atom. The van der Waals surface area contributed by atoms with E-state index >= 15 is 0 Å². The predicted molar refractivity (Wildman–Crippen MR) is 86.6 cm³/mol. The van der Waals surface area contributed by atoms with Crippen LogP contribution in [-0.4, -0.2) is 22.0 Å². The molecule has 2 aromatic heterocycles. The van der Waals surface area contributed by atoms with E-state index in [1.165, 1.54) is 0 Å². The van der Waals surface area contributed by atoms with Crippen molar-refractivity contribution < 1.29 is 0 Å². The molecule has 0 saturated heterocycles. The Kier molecular flexibility index (Phi) is 5.09. The molecule has 2 aromatic rings. The van der Waals surface area contributed by atoms with Gasteiger partial charge in [-0.3, -0.25) is 4.98 Å². The van der Waals surface area contributed by atoms with Gasteiger partial charge in [0.05, 0.1) is 11.7 Å². The van der Waals surface area contributed by atoms with Gasteiger partial charge in [0.2, 0.25) is 0 Å². The van der Waals surface area contributed by atoms with Gasteiger partial charge in [0.1, 0.15) is 17.5 Å². The van der Waals surface area contributed by atoms with Crippen molar-refractivity contribution in [3.05, 3.63) is 41.5 Å². The zero-order valence-electron chi connectivity index (χ0n) is 13.1. The maximum Gasteiger partial charge on any atom is 0.135 e. The molecule has 0 aliphatic rings. The third kappa shape index (κ3) is 3.68. The summed E-state index contributed by atoms with van der Waals surface area (Å²) in [6, 6.07) is 6.03. The molecule has 1 unspecified atom stereocenters. The Labute approximate surface area is 126 Å². The van der Waals surface area contributed by atoms with Crippen molar-refractivity contribution in [3.63, 3.8) is 0 Å². The number of aromatic nitrogens is 3. The lowest BCUT2D eigenvalue weighted by atomic mass is 10.2. The summed E-state index contributed by atoms with van der Waals surface area (Å²) in [5.41, 5.74) is 2.03. The summed E-state index contributed by atoms with van der Waals surface area (Å²) in [6.45, 7) is 6.24. The Balaban J connectivity index is 2.28. The highest BCUT2D eigenvalue weighted by Gasteiger charge is 2.13. The second-order valence-corrected chi connectivity index (χ2v) is 5.08. The van der Waals surface area contributed by atoms with Gasteiger partial charge in [-0.2, -0.15) is 0 Å². The standard InChI is InChI=1S/C16H23N5/c1-5-8-14-20-15(17-4)11(2)16(21-14)19-12(3)13-9-6-7-10-18-13/h6-7,9-10,12H,5,8H2,1-4H3,(H2,17,19,20,21). The normalized spacial score (nSPS) is 12.0. The molecule has 0 spiro atoms. The fourth-order valence-electron chi connectivity index (χ4n) is 2.19. The lowest BCUT2D eigenvalue weighted by Crippen LogP contribution is -2.13. The number of nitrogens with zero attached hydrogens (tertiary/aromatic N) is 3. The highest BCUT2D eigenvalue weighted by Crippen LogP contribution is 2.24. The smallest absolute Gasteiger partial charge is 0.135 e. The number of aryl methyl sites for hydroxylation is 1. The number of pyridine rings is 1. The van der Waals surface area contributed by atoms with Gasteiger partial charge in [-0.15, -0.1) is 0 Å². The van der Waals surface area contributed by atoms with Gasteiger partial charge in [0.25, 0.3) is 0 Å². The third-order valence-electron chi connectivity index (χ3n) is 3.39. The van der Waals surface area contributed by atoms with Crippen molar-refractivity contribution in [2.75, 3.05) is 17.7 Å². The van der Waals surface area contributed by atoms with Gasteiger partial charge in [-0.25, -0.2) is 9.97 Å². The average molecular weight is 285 g/mol. The molecule has 0 aromatic carbocycles. The Bertz CT molecular complexity index is 583. The molecule has 112 valence electrons. The van der Waals surface area contributed by atoms with Crippen LogP contribution in [0.3, 0.4) is 0 Å². The van der Waals surface area contributed by atoms with Gasteiger partial charge < -0.3 is 10.6 Å². The monoisotopic (exact) mass is 285 g/mol. The van der Waals surface area contributed by atoms with Crippen molar-refractivity contribution in [2.24, 2.45) is 0 Å². The highest BCUT2D eigenvalue weighted by molar-refractivity contribution is 5.57. The third-order valence-corrected chi connectivity index (χ3v) is 3.39. The molecule has 5 heteroatoms. The second-order valence-electron chi connectivity index (χ2n) is 5.08. The Morgan fingerprint density at radius 1 is 1.19 bits per heavy atom. The zero-order chi connectivity index (χ0) is 15.2. The molecule has 21 heavy (non-hydrogen) atoms. The van der Waals surface area contributed by atoms with Gasteiger partial charge in [-0.05, 0) is 32.4 Å². The van der Waals surface area contributed by atoms with Crippen molar-refractivity contribution >= 4 is 11.6 Å². The Hall–Kier alpha value is -2.17. The average Bonchev–Trinajstić information content (AvgIpc) is 2.51. The highest BCUT2D eigenvalue weighted by atomic mass is 15.1. The summed E-state index contributed by atoms with van der Waals surface area (Å²) in [6.07, 6.45) is 3.71. The first-order valence-corrected chi connectivity index (χ1v) is 7.38. The first-order chi connectivity index (χ1) is 10.2. The van der Waals surface area contributed by atoms with E-state index in [1.54, 1.807) is 0 Å². The minimum absolute atomic E-state index is 0.0963. The number of hydrogen-bond donors (Lipinski definition) is 2. The molecular weight excluding hydrogens is 262 g/mol. The molecule has 0 bridgehead atoms. The largest absolute Gasteiger partial charge is 0.373 e. The van der Waals surface area contributed by atoms with Crippen LogP contribution in [0.4, 0.5) is 11.6 Å². The van der Waals surface area contributed by atoms with Crippen LogP contribution < -0.4 is 10.6 Å². The number of hydrogen-bond acceptors (Lipinski definition) is 5. The van der Waals surface area contributed by atoms with Crippen LogP contribution in [0.2, 0.25) is 0 Å². The van der Waals surface area contributed by atoms with Gasteiger partial charge in [-0.1, -0.05) is 13.0 Å². The lowest BCUT2D eigenvalue weighted by Gasteiger charge is -2.18. The summed E-state index contributed by atoms with van der Waals surface area (Å²) >= 11 is 0. The molecular formula is C16H23N5. The van der Waals surface area contributed by atoms with Crippen molar-refractivity contribution in [1.82, 2.24) is 15.0 Å². The van der Waals surface area contributed by atoms with E-state index in [-0.39, 0.29) is 6.04 Å². The summed E-state index contributed by atoms with van der Waals surface area (Å²) < 4.78 is 0. The molecule has 5 nitrogen and oxygen atoms in total. The van der Waals surface area contributed by atoms with Crippen molar-refractivity contribution in [2.45, 2.75) is 39.7 Å². The van der Waals surface area contributed by atoms with Crippen LogP contribution in [0, 0.1) is 6.92 Å².